The molecule has 1 aliphatic rings. The molecule has 1 fully saturated rings. The molecule has 1 aliphatic heterocycles. The average Bonchev–Trinajstić information content (AvgIpc) is 2.38. The molecule has 0 atom stereocenters. The molecule has 0 amide bonds. The quantitative estimate of drug-likeness (QED) is 0.673. The van der Waals surface area contributed by atoms with Gasteiger partial charge >= 0.3 is 0 Å². The number of nitrogens with zero attached hydrogens (tertiary/aromatic N) is 2. The van der Waals surface area contributed by atoms with Crippen molar-refractivity contribution in [3.05, 3.63) is 34.4 Å². The van der Waals surface area contributed by atoms with Crippen LogP contribution >= 0.6 is 0 Å². The van der Waals surface area contributed by atoms with Gasteiger partial charge in [-0.25, -0.2) is 0 Å². The Morgan fingerprint density at radius 3 is 2.21 bits per heavy atom. The Labute approximate surface area is 113 Å². The van der Waals surface area contributed by atoms with Crippen LogP contribution in [0.2, 0.25) is 0 Å². The molecule has 0 radical (unpaired) electrons. The lowest BCUT2D eigenvalue weighted by molar-refractivity contribution is -0.384. The SMILES string of the molecule is CC(C)(O)C1CCN(c2ccc([N+](=O)[O-])cc2)CC1. The molecule has 0 saturated carbocycles. The molecule has 1 heterocycles. The second-order valence-corrected chi connectivity index (χ2v) is 5.69. The fraction of sp³-hybridized carbons (Fsp3) is 0.571. The standard InChI is InChI=1S/C14H20N2O3/c1-14(2,17)11-7-9-15(10-8-11)12-3-5-13(6-4-12)16(18)19/h3-6,11,17H,7-10H2,1-2H3. The molecule has 1 aromatic carbocycles. The number of anilines is 1. The Morgan fingerprint density at radius 2 is 1.79 bits per heavy atom. The van der Waals surface area contributed by atoms with Crippen molar-refractivity contribution in [3.63, 3.8) is 0 Å². The molecule has 104 valence electrons. The van der Waals surface area contributed by atoms with E-state index >= 15 is 0 Å². The van der Waals surface area contributed by atoms with Crippen molar-refractivity contribution in [1.82, 2.24) is 0 Å². The van der Waals surface area contributed by atoms with E-state index in [-0.39, 0.29) is 10.6 Å². The van der Waals surface area contributed by atoms with Crippen LogP contribution < -0.4 is 4.90 Å². The molecule has 0 aromatic heterocycles. The third-order valence-electron chi connectivity index (χ3n) is 3.92. The smallest absolute Gasteiger partial charge is 0.269 e. The number of nitro groups is 1. The summed E-state index contributed by atoms with van der Waals surface area (Å²) >= 11 is 0. The van der Waals surface area contributed by atoms with E-state index in [1.165, 1.54) is 12.1 Å². The van der Waals surface area contributed by atoms with Gasteiger partial charge in [0.15, 0.2) is 0 Å². The van der Waals surface area contributed by atoms with Gasteiger partial charge in [-0.15, -0.1) is 0 Å². The molecule has 0 aliphatic carbocycles. The second-order valence-electron chi connectivity index (χ2n) is 5.69. The molecule has 5 heteroatoms. The number of aliphatic hydroxyl groups is 1. The lowest BCUT2D eigenvalue weighted by atomic mass is 9.83. The number of nitro benzene ring substituents is 1. The van der Waals surface area contributed by atoms with Gasteiger partial charge in [-0.05, 0) is 44.7 Å². The predicted molar refractivity (Wildman–Crippen MR) is 74.3 cm³/mol. The monoisotopic (exact) mass is 264 g/mol. The van der Waals surface area contributed by atoms with Gasteiger partial charge in [-0.2, -0.15) is 0 Å². The number of non-ortho nitro benzene ring substituents is 1. The molecule has 0 spiro atoms. The second kappa shape index (κ2) is 5.17. The van der Waals surface area contributed by atoms with Crippen molar-refractivity contribution in [2.45, 2.75) is 32.3 Å². The highest BCUT2D eigenvalue weighted by atomic mass is 16.6. The lowest BCUT2D eigenvalue weighted by Gasteiger charge is -2.38. The van der Waals surface area contributed by atoms with E-state index in [2.05, 4.69) is 4.90 Å². The zero-order valence-corrected chi connectivity index (χ0v) is 11.4. The van der Waals surface area contributed by atoms with E-state index in [1.807, 2.05) is 13.8 Å². The summed E-state index contributed by atoms with van der Waals surface area (Å²) in [6, 6.07) is 6.67. The molecule has 19 heavy (non-hydrogen) atoms. The summed E-state index contributed by atoms with van der Waals surface area (Å²) in [6.07, 6.45) is 1.89. The van der Waals surface area contributed by atoms with E-state index in [0.29, 0.717) is 5.92 Å². The van der Waals surface area contributed by atoms with E-state index in [4.69, 9.17) is 0 Å². The van der Waals surface area contributed by atoms with Crippen LogP contribution in [0.15, 0.2) is 24.3 Å². The summed E-state index contributed by atoms with van der Waals surface area (Å²) in [4.78, 5) is 12.4. The molecule has 1 N–H and O–H groups in total. The maximum Gasteiger partial charge on any atom is 0.269 e. The zero-order chi connectivity index (χ0) is 14.0. The average molecular weight is 264 g/mol. The van der Waals surface area contributed by atoms with Crippen molar-refractivity contribution in [1.29, 1.82) is 0 Å². The Hall–Kier alpha value is -1.62. The van der Waals surface area contributed by atoms with Crippen molar-refractivity contribution in [2.75, 3.05) is 18.0 Å². The van der Waals surface area contributed by atoms with Gasteiger partial charge in [0.2, 0.25) is 0 Å². The van der Waals surface area contributed by atoms with Gasteiger partial charge in [-0.3, -0.25) is 10.1 Å². The fourth-order valence-electron chi connectivity index (χ4n) is 2.63. The van der Waals surface area contributed by atoms with Crippen molar-refractivity contribution < 1.29 is 10.0 Å². The molecule has 0 unspecified atom stereocenters. The zero-order valence-electron chi connectivity index (χ0n) is 11.4. The summed E-state index contributed by atoms with van der Waals surface area (Å²) < 4.78 is 0. The van der Waals surface area contributed by atoms with E-state index < -0.39 is 5.60 Å². The number of benzene rings is 1. The first kappa shape index (κ1) is 13.8. The molecule has 1 aromatic rings. The van der Waals surface area contributed by atoms with Crippen LogP contribution in [0.5, 0.6) is 0 Å². The summed E-state index contributed by atoms with van der Waals surface area (Å²) in [5, 5.41) is 20.6. The van der Waals surface area contributed by atoms with Crippen LogP contribution in [-0.2, 0) is 0 Å². The van der Waals surface area contributed by atoms with Crippen LogP contribution in [0.3, 0.4) is 0 Å². The molecule has 1 saturated heterocycles. The first-order valence-corrected chi connectivity index (χ1v) is 6.59. The summed E-state index contributed by atoms with van der Waals surface area (Å²) in [5.41, 5.74) is 0.511. The third-order valence-corrected chi connectivity index (χ3v) is 3.92. The van der Waals surface area contributed by atoms with Crippen LogP contribution in [0.25, 0.3) is 0 Å². The topological polar surface area (TPSA) is 66.6 Å². The number of hydrogen-bond acceptors (Lipinski definition) is 4. The summed E-state index contributed by atoms with van der Waals surface area (Å²) in [5.74, 6) is 0.321. The van der Waals surface area contributed by atoms with Gasteiger partial charge in [0, 0.05) is 30.9 Å². The highest BCUT2D eigenvalue weighted by molar-refractivity contribution is 5.51. The first-order valence-electron chi connectivity index (χ1n) is 6.59. The van der Waals surface area contributed by atoms with Gasteiger partial charge in [0.1, 0.15) is 0 Å². The van der Waals surface area contributed by atoms with Crippen molar-refractivity contribution >= 4 is 11.4 Å². The van der Waals surface area contributed by atoms with E-state index in [0.717, 1.165) is 31.6 Å². The van der Waals surface area contributed by atoms with E-state index in [9.17, 15) is 15.2 Å². The van der Waals surface area contributed by atoms with Crippen molar-refractivity contribution in [2.24, 2.45) is 5.92 Å². The van der Waals surface area contributed by atoms with Crippen LogP contribution in [0.1, 0.15) is 26.7 Å². The van der Waals surface area contributed by atoms with Gasteiger partial charge in [0.05, 0.1) is 10.5 Å². The minimum atomic E-state index is -0.623. The Bertz CT molecular complexity index is 443. The van der Waals surface area contributed by atoms with Gasteiger partial charge < -0.3 is 10.0 Å². The molecule has 5 nitrogen and oxygen atoms in total. The Kier molecular flexibility index (Phi) is 3.75. The maximum atomic E-state index is 10.6. The van der Waals surface area contributed by atoms with Crippen LogP contribution in [-0.4, -0.2) is 28.7 Å². The summed E-state index contributed by atoms with van der Waals surface area (Å²) in [7, 11) is 0. The molecular weight excluding hydrogens is 244 g/mol. The van der Waals surface area contributed by atoms with E-state index in [1.54, 1.807) is 12.1 Å². The van der Waals surface area contributed by atoms with Gasteiger partial charge in [-0.1, -0.05) is 0 Å². The van der Waals surface area contributed by atoms with Crippen LogP contribution in [0.4, 0.5) is 11.4 Å². The predicted octanol–water partition coefficient (Wildman–Crippen LogP) is 2.58. The maximum absolute atomic E-state index is 10.6. The normalized spacial score (nSPS) is 17.5. The van der Waals surface area contributed by atoms with Gasteiger partial charge in [0.25, 0.3) is 5.69 Å². The minimum absolute atomic E-state index is 0.120. The largest absolute Gasteiger partial charge is 0.390 e. The first-order chi connectivity index (χ1) is 8.88. The summed E-state index contributed by atoms with van der Waals surface area (Å²) in [6.45, 7) is 5.48. The van der Waals surface area contributed by atoms with Crippen molar-refractivity contribution in [3.8, 4) is 0 Å². The minimum Gasteiger partial charge on any atom is -0.390 e. The molecule has 2 rings (SSSR count). The number of piperidine rings is 1. The number of rotatable bonds is 3. The Morgan fingerprint density at radius 1 is 1.26 bits per heavy atom. The fourth-order valence-corrected chi connectivity index (χ4v) is 2.63. The lowest BCUT2D eigenvalue weighted by Crippen LogP contribution is -2.41. The Balaban J connectivity index is 2.00. The molecular formula is C14H20N2O3. The highest BCUT2D eigenvalue weighted by Gasteiger charge is 2.30. The highest BCUT2D eigenvalue weighted by Crippen LogP contribution is 2.30. The number of hydrogen-bond donors (Lipinski definition) is 1. The molecule has 0 bridgehead atoms. The third kappa shape index (κ3) is 3.23. The van der Waals surface area contributed by atoms with Crippen LogP contribution in [0, 0.1) is 16.0 Å².